The van der Waals surface area contributed by atoms with Crippen LogP contribution in [-0.4, -0.2) is 23.5 Å². The third kappa shape index (κ3) is 7.54. The van der Waals surface area contributed by atoms with Crippen molar-refractivity contribution in [3.8, 4) is 5.75 Å². The highest BCUT2D eigenvalue weighted by atomic mass is 32.1. The summed E-state index contributed by atoms with van der Waals surface area (Å²) < 4.78 is 5.76. The standard InChI is InChI=1S/C22H27N3O3S/c1-3-5-8-15-28-19-10-7-6-9-18(19)21(27)25-22(29)24-17-13-11-16(12-14-17)23-20(26)4-2/h6-7,9-14H,3-5,8,15H2,1-2H3,(H,23,26)(H2,24,25,27,29). The van der Waals surface area contributed by atoms with Gasteiger partial charge in [0.1, 0.15) is 5.75 Å². The largest absolute Gasteiger partial charge is 0.493 e. The second kappa shape index (κ2) is 11.8. The van der Waals surface area contributed by atoms with Crippen molar-refractivity contribution in [2.45, 2.75) is 39.5 Å². The fourth-order valence-electron chi connectivity index (χ4n) is 2.53. The Balaban J connectivity index is 1.92. The molecule has 0 atom stereocenters. The molecule has 0 bridgehead atoms. The van der Waals surface area contributed by atoms with E-state index in [1.54, 1.807) is 49.4 Å². The number of anilines is 2. The minimum Gasteiger partial charge on any atom is -0.493 e. The minimum atomic E-state index is -0.333. The number of rotatable bonds is 9. The molecule has 0 saturated carbocycles. The first kappa shape index (κ1) is 22.4. The number of nitrogens with one attached hydrogen (secondary N) is 3. The average Bonchev–Trinajstić information content (AvgIpc) is 2.72. The second-order valence-electron chi connectivity index (χ2n) is 6.44. The lowest BCUT2D eigenvalue weighted by molar-refractivity contribution is -0.115. The van der Waals surface area contributed by atoms with Gasteiger partial charge >= 0.3 is 0 Å². The van der Waals surface area contributed by atoms with Crippen LogP contribution in [0.3, 0.4) is 0 Å². The molecular weight excluding hydrogens is 386 g/mol. The van der Waals surface area contributed by atoms with Crippen molar-refractivity contribution in [3.05, 3.63) is 54.1 Å². The molecule has 154 valence electrons. The Hall–Kier alpha value is -2.93. The van der Waals surface area contributed by atoms with Gasteiger partial charge < -0.3 is 15.4 Å². The van der Waals surface area contributed by atoms with Crippen molar-refractivity contribution in [1.82, 2.24) is 5.32 Å². The first-order valence-corrected chi connectivity index (χ1v) is 10.2. The zero-order chi connectivity index (χ0) is 21.1. The smallest absolute Gasteiger partial charge is 0.261 e. The highest BCUT2D eigenvalue weighted by Gasteiger charge is 2.13. The van der Waals surface area contributed by atoms with Crippen LogP contribution in [0.4, 0.5) is 11.4 Å². The summed E-state index contributed by atoms with van der Waals surface area (Å²) in [6, 6.07) is 14.2. The van der Waals surface area contributed by atoms with E-state index in [0.717, 1.165) is 19.3 Å². The molecular formula is C22H27N3O3S. The van der Waals surface area contributed by atoms with Gasteiger partial charge in [0.25, 0.3) is 5.91 Å². The van der Waals surface area contributed by atoms with E-state index in [1.165, 1.54) is 0 Å². The highest BCUT2D eigenvalue weighted by Crippen LogP contribution is 2.19. The Morgan fingerprint density at radius 2 is 1.59 bits per heavy atom. The fraction of sp³-hybridized carbons (Fsp3) is 0.318. The van der Waals surface area contributed by atoms with Crippen LogP contribution in [-0.2, 0) is 4.79 Å². The SMILES string of the molecule is CCCCCOc1ccccc1C(=O)NC(=S)Nc1ccc(NC(=O)CC)cc1. The molecule has 0 aliphatic heterocycles. The summed E-state index contributed by atoms with van der Waals surface area (Å²) in [5.41, 5.74) is 1.84. The van der Waals surface area contributed by atoms with Gasteiger partial charge in [0, 0.05) is 17.8 Å². The maximum absolute atomic E-state index is 12.6. The molecule has 2 rings (SSSR count). The molecule has 6 nitrogen and oxygen atoms in total. The lowest BCUT2D eigenvalue weighted by Crippen LogP contribution is -2.34. The zero-order valence-electron chi connectivity index (χ0n) is 16.8. The maximum atomic E-state index is 12.6. The Labute approximate surface area is 177 Å². The van der Waals surface area contributed by atoms with Gasteiger partial charge in [0.05, 0.1) is 12.2 Å². The van der Waals surface area contributed by atoms with Gasteiger partial charge in [-0.1, -0.05) is 38.8 Å². The minimum absolute atomic E-state index is 0.0518. The van der Waals surface area contributed by atoms with Crippen molar-refractivity contribution >= 4 is 40.5 Å². The molecule has 7 heteroatoms. The molecule has 0 heterocycles. The van der Waals surface area contributed by atoms with Crippen molar-refractivity contribution in [2.75, 3.05) is 17.2 Å². The summed E-state index contributed by atoms with van der Waals surface area (Å²) >= 11 is 5.25. The summed E-state index contributed by atoms with van der Waals surface area (Å²) in [6.07, 6.45) is 3.56. The van der Waals surface area contributed by atoms with E-state index in [2.05, 4.69) is 22.9 Å². The van der Waals surface area contributed by atoms with Crippen molar-refractivity contribution in [1.29, 1.82) is 0 Å². The Bertz CT molecular complexity index is 837. The van der Waals surface area contributed by atoms with E-state index >= 15 is 0 Å². The fourth-order valence-corrected chi connectivity index (χ4v) is 2.74. The van der Waals surface area contributed by atoms with Gasteiger partial charge in [-0.15, -0.1) is 0 Å². The normalized spacial score (nSPS) is 10.1. The number of hydrogen-bond acceptors (Lipinski definition) is 4. The highest BCUT2D eigenvalue weighted by molar-refractivity contribution is 7.80. The van der Waals surface area contributed by atoms with Gasteiger partial charge in [-0.05, 0) is 55.0 Å². The lowest BCUT2D eigenvalue weighted by Gasteiger charge is -2.13. The van der Waals surface area contributed by atoms with Gasteiger partial charge in [-0.3, -0.25) is 14.9 Å². The van der Waals surface area contributed by atoms with Gasteiger partial charge in [-0.2, -0.15) is 0 Å². The summed E-state index contributed by atoms with van der Waals surface area (Å²) in [6.45, 7) is 4.49. The summed E-state index contributed by atoms with van der Waals surface area (Å²) in [4.78, 5) is 24.0. The van der Waals surface area contributed by atoms with Crippen LogP contribution in [0.25, 0.3) is 0 Å². The molecule has 0 spiro atoms. The van der Waals surface area contributed by atoms with Crippen LogP contribution >= 0.6 is 12.2 Å². The Morgan fingerprint density at radius 1 is 0.931 bits per heavy atom. The monoisotopic (exact) mass is 413 g/mol. The van der Waals surface area contributed by atoms with E-state index in [9.17, 15) is 9.59 Å². The number of carbonyl (C=O) groups is 2. The summed E-state index contributed by atoms with van der Waals surface area (Å²) in [7, 11) is 0. The Kier molecular flexibility index (Phi) is 9.11. The molecule has 3 N–H and O–H groups in total. The maximum Gasteiger partial charge on any atom is 0.261 e. The quantitative estimate of drug-likeness (QED) is 0.409. The summed E-state index contributed by atoms with van der Waals surface area (Å²) in [5.74, 6) is 0.157. The zero-order valence-corrected chi connectivity index (χ0v) is 17.6. The second-order valence-corrected chi connectivity index (χ2v) is 6.85. The van der Waals surface area contributed by atoms with E-state index in [-0.39, 0.29) is 16.9 Å². The third-order valence-electron chi connectivity index (χ3n) is 4.11. The lowest BCUT2D eigenvalue weighted by atomic mass is 10.2. The molecule has 0 aromatic heterocycles. The predicted octanol–water partition coefficient (Wildman–Crippen LogP) is 4.73. The van der Waals surface area contributed by atoms with Crippen LogP contribution in [0, 0.1) is 0 Å². The van der Waals surface area contributed by atoms with E-state index < -0.39 is 0 Å². The van der Waals surface area contributed by atoms with E-state index in [0.29, 0.717) is 35.7 Å². The first-order chi connectivity index (χ1) is 14.0. The van der Waals surface area contributed by atoms with Crippen LogP contribution in [0.1, 0.15) is 49.9 Å². The molecule has 0 unspecified atom stereocenters. The van der Waals surface area contributed by atoms with Crippen molar-refractivity contribution in [3.63, 3.8) is 0 Å². The topological polar surface area (TPSA) is 79.5 Å². The van der Waals surface area contributed by atoms with Crippen LogP contribution in [0.5, 0.6) is 5.75 Å². The Morgan fingerprint density at radius 3 is 2.24 bits per heavy atom. The number of amides is 2. The third-order valence-corrected chi connectivity index (χ3v) is 4.32. The molecule has 2 aromatic carbocycles. The molecule has 0 radical (unpaired) electrons. The van der Waals surface area contributed by atoms with Crippen molar-refractivity contribution in [2.24, 2.45) is 0 Å². The van der Waals surface area contributed by atoms with E-state index in [4.69, 9.17) is 17.0 Å². The van der Waals surface area contributed by atoms with Gasteiger partial charge in [0.2, 0.25) is 5.91 Å². The molecule has 0 aliphatic carbocycles. The molecule has 29 heavy (non-hydrogen) atoms. The molecule has 0 aliphatic rings. The first-order valence-electron chi connectivity index (χ1n) is 9.77. The van der Waals surface area contributed by atoms with Gasteiger partial charge in [-0.25, -0.2) is 0 Å². The van der Waals surface area contributed by atoms with Gasteiger partial charge in [0.15, 0.2) is 5.11 Å². The van der Waals surface area contributed by atoms with Crippen LogP contribution in [0.15, 0.2) is 48.5 Å². The number of carbonyl (C=O) groups excluding carboxylic acids is 2. The number of ether oxygens (including phenoxy) is 1. The molecule has 2 amide bonds. The number of thiocarbonyl (C=S) groups is 1. The van der Waals surface area contributed by atoms with E-state index in [1.807, 2.05) is 6.07 Å². The number of unbranched alkanes of at least 4 members (excludes halogenated alkanes) is 2. The summed E-state index contributed by atoms with van der Waals surface area (Å²) in [5, 5.41) is 8.59. The van der Waals surface area contributed by atoms with Crippen molar-refractivity contribution < 1.29 is 14.3 Å². The number of benzene rings is 2. The molecule has 2 aromatic rings. The number of para-hydroxylation sites is 1. The van der Waals surface area contributed by atoms with Crippen LogP contribution in [0.2, 0.25) is 0 Å². The predicted molar refractivity (Wildman–Crippen MR) is 121 cm³/mol. The molecule has 0 fully saturated rings. The molecule has 0 saturated heterocycles. The average molecular weight is 414 g/mol. The van der Waals surface area contributed by atoms with Crippen LogP contribution < -0.4 is 20.7 Å². The number of hydrogen-bond donors (Lipinski definition) is 3.